The zero-order chi connectivity index (χ0) is 11.1. The second kappa shape index (κ2) is 6.62. The minimum Gasteiger partial charge on any atom is -0.481 e. The highest BCUT2D eigenvalue weighted by Crippen LogP contribution is 2.13. The highest BCUT2D eigenvalue weighted by atomic mass is 79.9. The van der Waals surface area contributed by atoms with E-state index < -0.39 is 5.97 Å². The van der Waals surface area contributed by atoms with E-state index in [0.29, 0.717) is 6.42 Å². The Morgan fingerprint density at radius 1 is 1.13 bits per heavy atom. The molecule has 0 saturated carbocycles. The zero-order valence-corrected chi connectivity index (χ0v) is 10.2. The third kappa shape index (κ3) is 5.57. The van der Waals surface area contributed by atoms with Crippen LogP contribution in [0.4, 0.5) is 0 Å². The van der Waals surface area contributed by atoms with Gasteiger partial charge in [-0.1, -0.05) is 34.5 Å². The maximum atomic E-state index is 10.3. The summed E-state index contributed by atoms with van der Waals surface area (Å²) in [5.41, 5.74) is 1.31. The summed E-state index contributed by atoms with van der Waals surface area (Å²) < 4.78 is 1.09. The maximum Gasteiger partial charge on any atom is 0.303 e. The first kappa shape index (κ1) is 12.2. The van der Waals surface area contributed by atoms with E-state index in [-0.39, 0.29) is 0 Å². The lowest BCUT2D eigenvalue weighted by atomic mass is 10.1. The predicted molar refractivity (Wildman–Crippen MR) is 63.9 cm³/mol. The fourth-order valence-electron chi connectivity index (χ4n) is 1.43. The van der Waals surface area contributed by atoms with Crippen molar-refractivity contribution in [3.63, 3.8) is 0 Å². The number of halogens is 1. The number of aryl methyl sites for hydroxylation is 1. The average Bonchev–Trinajstić information content (AvgIpc) is 2.20. The Morgan fingerprint density at radius 2 is 1.80 bits per heavy atom. The van der Waals surface area contributed by atoms with Gasteiger partial charge >= 0.3 is 5.97 Å². The Bertz CT molecular complexity index is 306. The summed E-state index contributed by atoms with van der Waals surface area (Å²) in [6.45, 7) is 0. The van der Waals surface area contributed by atoms with Gasteiger partial charge in [0.2, 0.25) is 0 Å². The highest BCUT2D eigenvalue weighted by molar-refractivity contribution is 9.10. The Kier molecular flexibility index (Phi) is 5.40. The van der Waals surface area contributed by atoms with Gasteiger partial charge in [0.1, 0.15) is 0 Å². The van der Waals surface area contributed by atoms with E-state index in [1.165, 1.54) is 5.56 Å². The molecule has 0 radical (unpaired) electrons. The summed E-state index contributed by atoms with van der Waals surface area (Å²) in [5, 5.41) is 8.46. The van der Waals surface area contributed by atoms with E-state index in [1.54, 1.807) is 0 Å². The smallest absolute Gasteiger partial charge is 0.303 e. The van der Waals surface area contributed by atoms with Crippen LogP contribution in [0, 0.1) is 0 Å². The Labute approximate surface area is 98.4 Å². The standard InChI is InChI=1S/C12H15BrO2/c13-11-8-6-10(7-9-11)4-2-1-3-5-12(14)15/h6-9H,1-5H2,(H,14,15). The summed E-state index contributed by atoms with van der Waals surface area (Å²) in [4.78, 5) is 10.3. The Balaban J connectivity index is 2.15. The summed E-state index contributed by atoms with van der Waals surface area (Å²) in [5.74, 6) is -0.696. The van der Waals surface area contributed by atoms with E-state index >= 15 is 0 Å². The summed E-state index contributed by atoms with van der Waals surface area (Å²) in [6.07, 6.45) is 4.16. The van der Waals surface area contributed by atoms with Crippen molar-refractivity contribution in [2.45, 2.75) is 32.1 Å². The monoisotopic (exact) mass is 270 g/mol. The van der Waals surface area contributed by atoms with Crippen LogP contribution in [0.1, 0.15) is 31.2 Å². The second-order valence-electron chi connectivity index (χ2n) is 3.58. The van der Waals surface area contributed by atoms with Gasteiger partial charge in [0.25, 0.3) is 0 Å². The van der Waals surface area contributed by atoms with E-state index in [2.05, 4.69) is 28.1 Å². The van der Waals surface area contributed by atoms with Crippen LogP contribution < -0.4 is 0 Å². The van der Waals surface area contributed by atoms with Crippen LogP contribution in [0.25, 0.3) is 0 Å². The first-order valence-corrected chi connectivity index (χ1v) is 5.94. The quantitative estimate of drug-likeness (QED) is 0.802. The molecule has 0 atom stereocenters. The number of rotatable bonds is 6. The molecular formula is C12H15BrO2. The number of hydrogen-bond donors (Lipinski definition) is 1. The van der Waals surface area contributed by atoms with Crippen LogP contribution in [0.3, 0.4) is 0 Å². The van der Waals surface area contributed by atoms with Crippen molar-refractivity contribution in [3.8, 4) is 0 Å². The molecular weight excluding hydrogens is 256 g/mol. The van der Waals surface area contributed by atoms with Gasteiger partial charge in [-0.15, -0.1) is 0 Å². The third-order valence-electron chi connectivity index (χ3n) is 2.27. The molecule has 0 saturated heterocycles. The molecule has 0 amide bonds. The zero-order valence-electron chi connectivity index (χ0n) is 8.58. The number of aliphatic carboxylic acids is 1. The van der Waals surface area contributed by atoms with E-state index in [0.717, 1.165) is 30.2 Å². The van der Waals surface area contributed by atoms with Crippen molar-refractivity contribution < 1.29 is 9.90 Å². The van der Waals surface area contributed by atoms with Gasteiger partial charge in [-0.3, -0.25) is 4.79 Å². The number of carbonyl (C=O) groups is 1. The van der Waals surface area contributed by atoms with Gasteiger partial charge < -0.3 is 5.11 Å². The van der Waals surface area contributed by atoms with E-state index in [1.807, 2.05) is 12.1 Å². The summed E-state index contributed by atoms with van der Waals surface area (Å²) in [6, 6.07) is 8.27. The minimum absolute atomic E-state index is 0.292. The molecule has 82 valence electrons. The molecule has 0 aliphatic carbocycles. The third-order valence-corrected chi connectivity index (χ3v) is 2.80. The fourth-order valence-corrected chi connectivity index (χ4v) is 1.70. The molecule has 1 N–H and O–H groups in total. The lowest BCUT2D eigenvalue weighted by Crippen LogP contribution is -1.94. The second-order valence-corrected chi connectivity index (χ2v) is 4.50. The number of benzene rings is 1. The molecule has 0 fully saturated rings. The van der Waals surface area contributed by atoms with E-state index in [4.69, 9.17) is 5.11 Å². The van der Waals surface area contributed by atoms with Crippen LogP contribution in [0.5, 0.6) is 0 Å². The fraction of sp³-hybridized carbons (Fsp3) is 0.417. The highest BCUT2D eigenvalue weighted by Gasteiger charge is 1.97. The van der Waals surface area contributed by atoms with Crippen molar-refractivity contribution >= 4 is 21.9 Å². The molecule has 1 aromatic rings. The topological polar surface area (TPSA) is 37.3 Å². The number of unbranched alkanes of at least 4 members (excludes halogenated alkanes) is 2. The molecule has 0 unspecified atom stereocenters. The molecule has 0 aliphatic heterocycles. The molecule has 2 nitrogen and oxygen atoms in total. The molecule has 0 bridgehead atoms. The van der Waals surface area contributed by atoms with Gasteiger partial charge in [0, 0.05) is 10.9 Å². The minimum atomic E-state index is -0.696. The average molecular weight is 271 g/mol. The lowest BCUT2D eigenvalue weighted by Gasteiger charge is -2.01. The van der Waals surface area contributed by atoms with Gasteiger partial charge in [0.05, 0.1) is 0 Å². The van der Waals surface area contributed by atoms with Gasteiger partial charge in [-0.2, -0.15) is 0 Å². The molecule has 0 aromatic heterocycles. The number of carboxylic acids is 1. The maximum absolute atomic E-state index is 10.3. The van der Waals surface area contributed by atoms with Crippen LogP contribution in [0.15, 0.2) is 28.7 Å². The summed E-state index contributed by atoms with van der Waals surface area (Å²) in [7, 11) is 0. The van der Waals surface area contributed by atoms with Crippen molar-refractivity contribution in [2.75, 3.05) is 0 Å². The molecule has 3 heteroatoms. The van der Waals surface area contributed by atoms with Crippen LogP contribution in [-0.2, 0) is 11.2 Å². The van der Waals surface area contributed by atoms with Crippen LogP contribution in [0.2, 0.25) is 0 Å². The predicted octanol–water partition coefficient (Wildman–Crippen LogP) is 3.64. The Morgan fingerprint density at radius 3 is 2.40 bits per heavy atom. The molecule has 15 heavy (non-hydrogen) atoms. The normalized spacial score (nSPS) is 10.2. The van der Waals surface area contributed by atoms with Crippen LogP contribution in [-0.4, -0.2) is 11.1 Å². The van der Waals surface area contributed by atoms with Gasteiger partial charge in [-0.05, 0) is 37.0 Å². The summed E-state index contributed by atoms with van der Waals surface area (Å²) >= 11 is 3.39. The van der Waals surface area contributed by atoms with Crippen molar-refractivity contribution in [2.24, 2.45) is 0 Å². The largest absolute Gasteiger partial charge is 0.481 e. The van der Waals surface area contributed by atoms with Gasteiger partial charge in [-0.25, -0.2) is 0 Å². The number of hydrogen-bond acceptors (Lipinski definition) is 1. The molecule has 0 heterocycles. The first-order valence-electron chi connectivity index (χ1n) is 5.15. The molecule has 1 aromatic carbocycles. The van der Waals surface area contributed by atoms with Gasteiger partial charge in [0.15, 0.2) is 0 Å². The van der Waals surface area contributed by atoms with Crippen molar-refractivity contribution in [1.82, 2.24) is 0 Å². The number of carboxylic acid groups (broad SMARTS) is 1. The van der Waals surface area contributed by atoms with Crippen molar-refractivity contribution in [1.29, 1.82) is 0 Å². The molecule has 0 spiro atoms. The van der Waals surface area contributed by atoms with E-state index in [9.17, 15) is 4.79 Å². The molecule has 1 rings (SSSR count). The SMILES string of the molecule is O=C(O)CCCCCc1ccc(Br)cc1. The molecule has 0 aliphatic rings. The van der Waals surface area contributed by atoms with Crippen LogP contribution >= 0.6 is 15.9 Å². The lowest BCUT2D eigenvalue weighted by molar-refractivity contribution is -0.137. The van der Waals surface area contributed by atoms with Crippen molar-refractivity contribution in [3.05, 3.63) is 34.3 Å². The first-order chi connectivity index (χ1) is 7.18. The Hall–Kier alpha value is -0.830.